The van der Waals surface area contributed by atoms with Crippen molar-refractivity contribution in [1.29, 1.82) is 0 Å². The number of rotatable bonds is 8. The van der Waals surface area contributed by atoms with E-state index in [2.05, 4.69) is 16.7 Å². The number of carbonyl (C=O) groups excluding carboxylic acids is 2. The van der Waals surface area contributed by atoms with Crippen molar-refractivity contribution in [2.75, 3.05) is 37.1 Å². The molecular weight excluding hydrogens is 392 g/mol. The number of nitrogens with one attached hydrogen (secondary N) is 2. The fraction of sp³-hybridized carbons (Fsp3) is 0.333. The number of hydrogen-bond donors (Lipinski definition) is 2. The summed E-state index contributed by atoms with van der Waals surface area (Å²) in [5.41, 5.74) is 2.86. The Labute approximate surface area is 172 Å². The van der Waals surface area contributed by atoms with Crippen LogP contribution in [0.5, 0.6) is 5.75 Å². The summed E-state index contributed by atoms with van der Waals surface area (Å²) >= 11 is 0. The van der Waals surface area contributed by atoms with Crippen molar-refractivity contribution in [3.8, 4) is 5.75 Å². The Kier molecular flexibility index (Phi) is 7.37. The molecule has 3 rings (SSSR count). The highest BCUT2D eigenvalue weighted by atomic mass is 32.2. The first-order valence-corrected chi connectivity index (χ1v) is 10.8. The van der Waals surface area contributed by atoms with Crippen molar-refractivity contribution < 1.29 is 23.3 Å². The molecule has 2 atom stereocenters. The molecule has 0 radical (unpaired) electrons. The normalized spacial score (nSPS) is 16.4. The molecule has 0 unspecified atom stereocenters. The summed E-state index contributed by atoms with van der Waals surface area (Å²) in [7, 11) is -0.0445. The van der Waals surface area contributed by atoms with Crippen LogP contribution in [0, 0.1) is 0 Å². The first-order chi connectivity index (χ1) is 14.0. The van der Waals surface area contributed by atoms with Gasteiger partial charge < -0.3 is 20.1 Å². The number of methoxy groups -OCH3 is 1. The Hall–Kier alpha value is -2.71. The Bertz CT molecular complexity index is 885. The van der Waals surface area contributed by atoms with Crippen LogP contribution in [0.25, 0.3) is 0 Å². The molecule has 154 valence electrons. The minimum Gasteiger partial charge on any atom is -0.497 e. The summed E-state index contributed by atoms with van der Waals surface area (Å²) in [6, 6.07) is 14.8. The van der Waals surface area contributed by atoms with Gasteiger partial charge in [0.1, 0.15) is 23.4 Å². The number of hydrogen-bond acceptors (Lipinski definition) is 5. The van der Waals surface area contributed by atoms with Crippen LogP contribution in [0.3, 0.4) is 0 Å². The van der Waals surface area contributed by atoms with E-state index in [1.807, 2.05) is 18.2 Å². The van der Waals surface area contributed by atoms with E-state index in [1.54, 1.807) is 31.4 Å². The van der Waals surface area contributed by atoms with E-state index in [1.165, 1.54) is 5.56 Å². The highest BCUT2D eigenvalue weighted by Gasteiger charge is 2.21. The van der Waals surface area contributed by atoms with Gasteiger partial charge in [0.15, 0.2) is 0 Å². The maximum atomic E-state index is 12.1. The van der Waals surface area contributed by atoms with Crippen LogP contribution < -0.4 is 15.4 Å². The van der Waals surface area contributed by atoms with Gasteiger partial charge in [0.25, 0.3) is 0 Å². The maximum Gasteiger partial charge on any atom is 0.237 e. The van der Waals surface area contributed by atoms with E-state index < -0.39 is 16.7 Å². The van der Waals surface area contributed by atoms with Crippen LogP contribution in [-0.4, -0.2) is 47.8 Å². The Morgan fingerprint density at radius 3 is 2.59 bits per heavy atom. The molecule has 0 bridgehead atoms. The topological polar surface area (TPSA) is 93.7 Å². The third-order valence-corrected chi connectivity index (χ3v) is 5.70. The Balaban J connectivity index is 1.42. The zero-order valence-corrected chi connectivity index (χ0v) is 17.0. The fourth-order valence-corrected chi connectivity index (χ4v) is 3.98. The minimum absolute atomic E-state index is 0.212. The van der Waals surface area contributed by atoms with Gasteiger partial charge in [-0.15, -0.1) is 0 Å². The number of fused-ring (bicyclic) bond motifs is 1. The van der Waals surface area contributed by atoms with Crippen molar-refractivity contribution in [1.82, 2.24) is 5.32 Å². The molecule has 8 heteroatoms. The molecule has 29 heavy (non-hydrogen) atoms. The number of anilines is 1. The smallest absolute Gasteiger partial charge is 0.237 e. The van der Waals surface area contributed by atoms with Crippen LogP contribution in [-0.2, 0) is 31.5 Å². The van der Waals surface area contributed by atoms with Gasteiger partial charge in [-0.05, 0) is 41.8 Å². The number of amides is 2. The monoisotopic (exact) mass is 416 g/mol. The SMILES string of the molecule is COc1ccc(NC(=O)C[S@](=O)CC(=O)NC[C@H]2OCCc3ccccc32)cc1. The standard InChI is InChI=1S/C21H24N2O5S/c1-27-17-8-6-16(7-9-17)23-21(25)14-29(26)13-20(24)22-12-19-18-5-3-2-4-15(18)10-11-28-19/h2-9,19H,10-14H2,1H3,(H,22,24)(H,23,25)/t19-,29-/m1/s1. The summed E-state index contributed by atoms with van der Waals surface area (Å²) in [5.74, 6) is -0.585. The van der Waals surface area contributed by atoms with Crippen molar-refractivity contribution in [3.63, 3.8) is 0 Å². The van der Waals surface area contributed by atoms with Crippen LogP contribution >= 0.6 is 0 Å². The van der Waals surface area contributed by atoms with Crippen LogP contribution in [0.15, 0.2) is 48.5 Å². The van der Waals surface area contributed by atoms with E-state index in [0.29, 0.717) is 24.6 Å². The summed E-state index contributed by atoms with van der Waals surface area (Å²) in [6.45, 7) is 0.917. The second-order valence-corrected chi connectivity index (χ2v) is 8.07. The van der Waals surface area contributed by atoms with Gasteiger partial charge in [-0.3, -0.25) is 13.8 Å². The lowest BCUT2D eigenvalue weighted by molar-refractivity contribution is -0.119. The van der Waals surface area contributed by atoms with Crippen LogP contribution in [0.1, 0.15) is 17.2 Å². The van der Waals surface area contributed by atoms with Crippen molar-refractivity contribution in [2.24, 2.45) is 0 Å². The van der Waals surface area contributed by atoms with Crippen molar-refractivity contribution in [3.05, 3.63) is 59.7 Å². The van der Waals surface area contributed by atoms with E-state index in [-0.39, 0.29) is 23.5 Å². The predicted molar refractivity (Wildman–Crippen MR) is 111 cm³/mol. The molecule has 2 aromatic rings. The van der Waals surface area contributed by atoms with Crippen LogP contribution in [0.4, 0.5) is 5.69 Å². The summed E-state index contributed by atoms with van der Waals surface area (Å²) in [5, 5.41) is 5.41. The molecule has 0 spiro atoms. The highest BCUT2D eigenvalue weighted by Crippen LogP contribution is 2.26. The van der Waals surface area contributed by atoms with Gasteiger partial charge in [-0.1, -0.05) is 24.3 Å². The quantitative estimate of drug-likeness (QED) is 0.685. The molecule has 1 aliphatic rings. The average molecular weight is 416 g/mol. The second kappa shape index (κ2) is 10.2. The third-order valence-electron chi connectivity index (χ3n) is 4.53. The molecule has 0 saturated heterocycles. The van der Waals surface area contributed by atoms with Gasteiger partial charge in [-0.25, -0.2) is 0 Å². The van der Waals surface area contributed by atoms with E-state index in [0.717, 1.165) is 12.0 Å². The molecular formula is C21H24N2O5S. The summed E-state index contributed by atoms with van der Waals surface area (Å²) in [4.78, 5) is 24.1. The molecule has 0 fully saturated rings. The van der Waals surface area contributed by atoms with Gasteiger partial charge in [0.05, 0.1) is 13.7 Å². The first kappa shape index (κ1) is 21.0. The van der Waals surface area contributed by atoms with Crippen molar-refractivity contribution in [2.45, 2.75) is 12.5 Å². The van der Waals surface area contributed by atoms with Crippen LogP contribution in [0.2, 0.25) is 0 Å². The molecule has 2 amide bonds. The molecule has 0 saturated carbocycles. The fourth-order valence-electron chi connectivity index (χ4n) is 3.12. The first-order valence-electron chi connectivity index (χ1n) is 9.30. The number of benzene rings is 2. The Morgan fingerprint density at radius 1 is 1.10 bits per heavy atom. The predicted octanol–water partition coefficient (Wildman–Crippen LogP) is 1.81. The summed E-state index contributed by atoms with van der Waals surface area (Å²) < 4.78 is 22.9. The largest absolute Gasteiger partial charge is 0.497 e. The van der Waals surface area contributed by atoms with E-state index in [9.17, 15) is 13.8 Å². The molecule has 7 nitrogen and oxygen atoms in total. The molecule has 1 heterocycles. The molecule has 2 N–H and O–H groups in total. The highest BCUT2D eigenvalue weighted by molar-refractivity contribution is 7.86. The molecule has 0 aliphatic carbocycles. The number of carbonyl (C=O) groups is 2. The van der Waals surface area contributed by atoms with E-state index >= 15 is 0 Å². The van der Waals surface area contributed by atoms with Crippen molar-refractivity contribution >= 4 is 28.3 Å². The zero-order chi connectivity index (χ0) is 20.6. The minimum atomic E-state index is -1.60. The second-order valence-electron chi connectivity index (χ2n) is 6.62. The molecule has 1 aliphatic heterocycles. The average Bonchev–Trinajstić information content (AvgIpc) is 2.72. The summed E-state index contributed by atoms with van der Waals surface area (Å²) in [6.07, 6.45) is 0.643. The lowest BCUT2D eigenvalue weighted by Crippen LogP contribution is -2.35. The Morgan fingerprint density at radius 2 is 1.83 bits per heavy atom. The lowest BCUT2D eigenvalue weighted by atomic mass is 9.97. The van der Waals surface area contributed by atoms with Gasteiger partial charge in [-0.2, -0.15) is 0 Å². The molecule has 0 aromatic heterocycles. The van der Waals surface area contributed by atoms with E-state index in [4.69, 9.17) is 9.47 Å². The maximum absolute atomic E-state index is 12.1. The van der Waals surface area contributed by atoms with Gasteiger partial charge >= 0.3 is 0 Å². The molecule has 2 aromatic carbocycles. The number of ether oxygens (including phenoxy) is 2. The zero-order valence-electron chi connectivity index (χ0n) is 16.2. The van der Waals surface area contributed by atoms with Gasteiger partial charge in [0, 0.05) is 23.0 Å². The lowest BCUT2D eigenvalue weighted by Gasteiger charge is -2.26. The third kappa shape index (κ3) is 6.13. The van der Waals surface area contributed by atoms with Gasteiger partial charge in [0.2, 0.25) is 11.8 Å².